The fourth-order valence-electron chi connectivity index (χ4n) is 3.19. The highest BCUT2D eigenvalue weighted by Gasteiger charge is 2.31. The molecule has 18 heavy (non-hydrogen) atoms. The molecule has 3 rings (SSSR count). The van der Waals surface area contributed by atoms with Crippen LogP contribution in [0, 0.1) is 0 Å². The lowest BCUT2D eigenvalue weighted by atomic mass is 9.92. The third-order valence-corrected chi connectivity index (χ3v) is 4.36. The van der Waals surface area contributed by atoms with Crippen LogP contribution in [-0.2, 0) is 12.8 Å². The molecule has 0 bridgehead atoms. The number of hydrogen-bond acceptors (Lipinski definition) is 2. The molecule has 0 spiro atoms. The van der Waals surface area contributed by atoms with Crippen molar-refractivity contribution in [2.45, 2.75) is 57.0 Å². The maximum atomic E-state index is 10.3. The Labute approximate surface area is 109 Å². The second-order valence-electron chi connectivity index (χ2n) is 5.86. The molecule has 0 aliphatic heterocycles. The van der Waals surface area contributed by atoms with E-state index in [-0.39, 0.29) is 0 Å². The second-order valence-corrected chi connectivity index (χ2v) is 5.86. The number of hydrogen-bond donors (Lipinski definition) is 1. The summed E-state index contributed by atoms with van der Waals surface area (Å²) in [7, 11) is 0. The Bertz CT molecular complexity index is 419. The van der Waals surface area contributed by atoms with E-state index in [0.29, 0.717) is 6.61 Å². The van der Waals surface area contributed by atoms with Crippen LogP contribution in [0.2, 0.25) is 0 Å². The minimum absolute atomic E-state index is 0.450. The van der Waals surface area contributed by atoms with Crippen molar-refractivity contribution in [2.24, 2.45) is 0 Å². The zero-order valence-electron chi connectivity index (χ0n) is 11.0. The molecule has 1 fully saturated rings. The van der Waals surface area contributed by atoms with E-state index >= 15 is 0 Å². The van der Waals surface area contributed by atoms with Crippen molar-refractivity contribution < 1.29 is 9.84 Å². The van der Waals surface area contributed by atoms with E-state index in [0.717, 1.165) is 31.4 Å². The lowest BCUT2D eigenvalue weighted by Crippen LogP contribution is -2.32. The van der Waals surface area contributed by atoms with Gasteiger partial charge in [-0.15, -0.1) is 0 Å². The molecule has 98 valence electrons. The van der Waals surface area contributed by atoms with Gasteiger partial charge in [-0.1, -0.05) is 18.9 Å². The normalized spacial score (nSPS) is 21.6. The predicted octanol–water partition coefficient (Wildman–Crippen LogP) is 3.25. The Balaban J connectivity index is 1.66. The Morgan fingerprint density at radius 1 is 1.00 bits per heavy atom. The first-order valence-electron chi connectivity index (χ1n) is 7.22. The first-order valence-corrected chi connectivity index (χ1v) is 7.22. The number of aliphatic hydroxyl groups is 1. The van der Waals surface area contributed by atoms with Crippen LogP contribution in [0.15, 0.2) is 18.2 Å². The molecule has 2 aliphatic carbocycles. The average Bonchev–Trinajstić information content (AvgIpc) is 2.84. The first kappa shape index (κ1) is 12.0. The molecule has 1 aromatic carbocycles. The van der Waals surface area contributed by atoms with Crippen LogP contribution in [0.5, 0.6) is 5.75 Å². The molecule has 2 aliphatic rings. The average molecular weight is 246 g/mol. The minimum atomic E-state index is -0.574. The Hall–Kier alpha value is -1.02. The van der Waals surface area contributed by atoms with Crippen molar-refractivity contribution in [1.29, 1.82) is 0 Å². The largest absolute Gasteiger partial charge is 0.491 e. The molecule has 1 N–H and O–H groups in total. The summed E-state index contributed by atoms with van der Waals surface area (Å²) in [5.41, 5.74) is 2.35. The van der Waals surface area contributed by atoms with Gasteiger partial charge in [0.2, 0.25) is 0 Å². The summed E-state index contributed by atoms with van der Waals surface area (Å²) in [6.45, 7) is 0.450. The molecule has 2 heteroatoms. The fourth-order valence-corrected chi connectivity index (χ4v) is 3.19. The van der Waals surface area contributed by atoms with Gasteiger partial charge in [-0.05, 0) is 61.8 Å². The molecule has 0 unspecified atom stereocenters. The topological polar surface area (TPSA) is 29.5 Å². The molecule has 1 saturated carbocycles. The highest BCUT2D eigenvalue weighted by atomic mass is 16.5. The predicted molar refractivity (Wildman–Crippen MR) is 72.0 cm³/mol. The minimum Gasteiger partial charge on any atom is -0.491 e. The highest BCUT2D eigenvalue weighted by molar-refractivity contribution is 5.37. The van der Waals surface area contributed by atoms with Crippen LogP contribution in [0.3, 0.4) is 0 Å². The Kier molecular flexibility index (Phi) is 3.29. The highest BCUT2D eigenvalue weighted by Crippen LogP contribution is 2.31. The number of aryl methyl sites for hydroxylation is 2. The molecular weight excluding hydrogens is 224 g/mol. The Morgan fingerprint density at radius 3 is 2.50 bits per heavy atom. The van der Waals surface area contributed by atoms with Crippen molar-refractivity contribution in [3.8, 4) is 5.75 Å². The molecule has 0 heterocycles. The van der Waals surface area contributed by atoms with Gasteiger partial charge in [-0.2, -0.15) is 0 Å². The molecule has 0 saturated heterocycles. The van der Waals surface area contributed by atoms with E-state index in [1.54, 1.807) is 0 Å². The molecule has 0 atom stereocenters. The molecule has 0 radical (unpaired) electrons. The summed E-state index contributed by atoms with van der Waals surface area (Å²) in [5, 5.41) is 10.3. The lowest BCUT2D eigenvalue weighted by molar-refractivity contribution is 0.00138. The molecule has 1 aromatic rings. The second kappa shape index (κ2) is 4.93. The zero-order chi connectivity index (χ0) is 12.4. The van der Waals surface area contributed by atoms with Gasteiger partial charge < -0.3 is 9.84 Å². The smallest absolute Gasteiger partial charge is 0.119 e. The van der Waals surface area contributed by atoms with Crippen molar-refractivity contribution in [3.63, 3.8) is 0 Å². The van der Waals surface area contributed by atoms with E-state index in [1.165, 1.54) is 36.8 Å². The van der Waals surface area contributed by atoms with Gasteiger partial charge in [0.25, 0.3) is 0 Å². The monoisotopic (exact) mass is 246 g/mol. The van der Waals surface area contributed by atoms with Crippen molar-refractivity contribution in [1.82, 2.24) is 0 Å². The van der Waals surface area contributed by atoms with Crippen molar-refractivity contribution in [3.05, 3.63) is 29.3 Å². The summed E-state index contributed by atoms with van der Waals surface area (Å²) < 4.78 is 5.81. The summed E-state index contributed by atoms with van der Waals surface area (Å²) in [5.74, 6) is 0.927. The number of benzene rings is 1. The number of rotatable bonds is 3. The third kappa shape index (κ3) is 2.54. The van der Waals surface area contributed by atoms with Crippen LogP contribution in [-0.4, -0.2) is 17.3 Å². The zero-order valence-corrected chi connectivity index (χ0v) is 11.0. The molecule has 0 aromatic heterocycles. The van der Waals surface area contributed by atoms with E-state index < -0.39 is 5.60 Å². The Morgan fingerprint density at radius 2 is 1.72 bits per heavy atom. The van der Waals surface area contributed by atoms with Gasteiger partial charge >= 0.3 is 0 Å². The molecule has 0 amide bonds. The van der Waals surface area contributed by atoms with E-state index in [2.05, 4.69) is 18.2 Å². The van der Waals surface area contributed by atoms with Gasteiger partial charge in [0.05, 0.1) is 5.60 Å². The van der Waals surface area contributed by atoms with Gasteiger partial charge in [0.15, 0.2) is 0 Å². The van der Waals surface area contributed by atoms with Crippen molar-refractivity contribution >= 4 is 0 Å². The van der Waals surface area contributed by atoms with Gasteiger partial charge in [0.1, 0.15) is 12.4 Å². The van der Waals surface area contributed by atoms with Crippen LogP contribution in [0.25, 0.3) is 0 Å². The lowest BCUT2D eigenvalue weighted by Gasteiger charge is -2.23. The molecular formula is C16H22O2. The summed E-state index contributed by atoms with van der Waals surface area (Å²) in [4.78, 5) is 0. The van der Waals surface area contributed by atoms with Gasteiger partial charge in [-0.3, -0.25) is 0 Å². The maximum Gasteiger partial charge on any atom is 0.119 e. The fraction of sp³-hybridized carbons (Fsp3) is 0.625. The van der Waals surface area contributed by atoms with E-state index in [1.807, 2.05) is 0 Å². The SMILES string of the molecule is OC1(COc2ccc3c(c2)CCCC3)CCCC1. The van der Waals surface area contributed by atoms with Crippen LogP contribution in [0.4, 0.5) is 0 Å². The maximum absolute atomic E-state index is 10.3. The number of fused-ring (bicyclic) bond motifs is 1. The van der Waals surface area contributed by atoms with Gasteiger partial charge in [-0.25, -0.2) is 0 Å². The van der Waals surface area contributed by atoms with E-state index in [4.69, 9.17) is 4.74 Å². The van der Waals surface area contributed by atoms with Crippen LogP contribution < -0.4 is 4.74 Å². The molecule has 2 nitrogen and oxygen atoms in total. The standard InChI is InChI=1S/C16H22O2/c17-16(9-3-4-10-16)12-18-15-8-7-13-5-1-2-6-14(13)11-15/h7-8,11,17H,1-6,9-10,12H2. The van der Waals surface area contributed by atoms with Gasteiger partial charge in [0, 0.05) is 0 Å². The summed E-state index contributed by atoms with van der Waals surface area (Å²) >= 11 is 0. The van der Waals surface area contributed by atoms with E-state index in [9.17, 15) is 5.11 Å². The number of ether oxygens (including phenoxy) is 1. The van der Waals surface area contributed by atoms with Crippen LogP contribution in [0.1, 0.15) is 49.7 Å². The summed E-state index contributed by atoms with van der Waals surface area (Å²) in [6, 6.07) is 6.43. The summed E-state index contributed by atoms with van der Waals surface area (Å²) in [6.07, 6.45) is 9.02. The third-order valence-electron chi connectivity index (χ3n) is 4.36. The van der Waals surface area contributed by atoms with Crippen LogP contribution >= 0.6 is 0 Å². The quantitative estimate of drug-likeness (QED) is 0.887. The van der Waals surface area contributed by atoms with Crippen molar-refractivity contribution in [2.75, 3.05) is 6.61 Å². The first-order chi connectivity index (χ1) is 8.75.